The van der Waals surface area contributed by atoms with Crippen molar-refractivity contribution in [3.05, 3.63) is 47.0 Å². The van der Waals surface area contributed by atoms with Gasteiger partial charge in [0.1, 0.15) is 6.61 Å². The first-order valence-electron chi connectivity index (χ1n) is 5.98. The molecule has 0 aliphatic heterocycles. The van der Waals surface area contributed by atoms with Crippen LogP contribution in [-0.4, -0.2) is 19.0 Å². The number of benzene rings is 1. The zero-order chi connectivity index (χ0) is 14.3. The highest BCUT2D eigenvalue weighted by Crippen LogP contribution is 2.13. The molecule has 0 amide bonds. The maximum Gasteiger partial charge on any atom is 0.334 e. The monoisotopic (exact) mass is 262 g/mol. The minimum Gasteiger partial charge on any atom is -0.469 e. The summed E-state index contributed by atoms with van der Waals surface area (Å²) in [5, 5.41) is 0. The molecule has 0 unspecified atom stereocenters. The summed E-state index contributed by atoms with van der Waals surface area (Å²) in [6, 6.07) is 9.38. The zero-order valence-electron chi connectivity index (χ0n) is 11.4. The summed E-state index contributed by atoms with van der Waals surface area (Å²) in [4.78, 5) is 23.2. The second-order valence-electron chi connectivity index (χ2n) is 4.29. The number of esters is 2. The molecule has 0 aromatic heterocycles. The molecule has 0 aliphatic rings. The largest absolute Gasteiger partial charge is 0.469 e. The van der Waals surface area contributed by atoms with Crippen molar-refractivity contribution >= 4 is 11.9 Å². The molecular weight excluding hydrogens is 244 g/mol. The van der Waals surface area contributed by atoms with E-state index < -0.39 is 11.9 Å². The van der Waals surface area contributed by atoms with Crippen molar-refractivity contribution in [2.24, 2.45) is 0 Å². The lowest BCUT2D eigenvalue weighted by molar-refractivity contribution is -0.145. The molecule has 1 aromatic rings. The normalized spacial score (nSPS) is 9.63. The van der Waals surface area contributed by atoms with E-state index in [2.05, 4.69) is 4.74 Å². The van der Waals surface area contributed by atoms with Gasteiger partial charge in [-0.05, 0) is 19.4 Å². The first-order valence-corrected chi connectivity index (χ1v) is 5.98. The van der Waals surface area contributed by atoms with Crippen molar-refractivity contribution in [3.8, 4) is 0 Å². The Morgan fingerprint density at radius 3 is 2.26 bits per heavy atom. The fourth-order valence-corrected chi connectivity index (χ4v) is 1.48. The first kappa shape index (κ1) is 15.0. The number of carbonyl (C=O) groups excluding carboxylic acids is 2. The van der Waals surface area contributed by atoms with Crippen molar-refractivity contribution in [2.75, 3.05) is 7.11 Å². The van der Waals surface area contributed by atoms with Crippen LogP contribution in [0.5, 0.6) is 0 Å². The average Bonchev–Trinajstić information content (AvgIpc) is 2.42. The molecule has 0 saturated carbocycles. The number of rotatable bonds is 5. The van der Waals surface area contributed by atoms with E-state index in [1.165, 1.54) is 7.11 Å². The molecule has 102 valence electrons. The summed E-state index contributed by atoms with van der Waals surface area (Å²) < 4.78 is 9.76. The molecule has 4 heteroatoms. The Morgan fingerprint density at radius 2 is 1.74 bits per heavy atom. The summed E-state index contributed by atoms with van der Waals surface area (Å²) >= 11 is 0. The topological polar surface area (TPSA) is 52.6 Å². The third kappa shape index (κ3) is 4.95. The number of hydrogen-bond donors (Lipinski definition) is 0. The number of carbonyl (C=O) groups is 2. The van der Waals surface area contributed by atoms with E-state index in [1.807, 2.05) is 30.3 Å². The second-order valence-corrected chi connectivity index (χ2v) is 4.29. The Labute approximate surface area is 113 Å². The highest BCUT2D eigenvalue weighted by molar-refractivity contribution is 5.94. The molecular formula is C15H18O4. The van der Waals surface area contributed by atoms with Crippen LogP contribution in [-0.2, 0) is 25.7 Å². The lowest BCUT2D eigenvalue weighted by Crippen LogP contribution is -2.14. The number of methoxy groups -OCH3 is 1. The molecule has 1 aromatic carbocycles. The van der Waals surface area contributed by atoms with Gasteiger partial charge in [-0.2, -0.15) is 0 Å². The fraction of sp³-hybridized carbons (Fsp3) is 0.333. The molecule has 0 fully saturated rings. The number of allylic oxidation sites excluding steroid dienone is 1. The Hall–Kier alpha value is -2.10. The predicted molar refractivity (Wildman–Crippen MR) is 71.2 cm³/mol. The van der Waals surface area contributed by atoms with Crippen LogP contribution in [0, 0.1) is 0 Å². The van der Waals surface area contributed by atoms with E-state index in [4.69, 9.17) is 4.74 Å². The average molecular weight is 262 g/mol. The Balaban J connectivity index is 2.64. The molecule has 0 bridgehead atoms. The van der Waals surface area contributed by atoms with Crippen LogP contribution >= 0.6 is 0 Å². The van der Waals surface area contributed by atoms with Gasteiger partial charge in [0.05, 0.1) is 13.5 Å². The van der Waals surface area contributed by atoms with Crippen LogP contribution in [0.25, 0.3) is 0 Å². The van der Waals surface area contributed by atoms with Crippen molar-refractivity contribution in [3.63, 3.8) is 0 Å². The van der Waals surface area contributed by atoms with Gasteiger partial charge in [0.25, 0.3) is 0 Å². The smallest absolute Gasteiger partial charge is 0.334 e. The lowest BCUT2D eigenvalue weighted by Gasteiger charge is -2.09. The molecule has 0 heterocycles. The highest BCUT2D eigenvalue weighted by atomic mass is 16.5. The maximum atomic E-state index is 11.9. The minimum atomic E-state index is -0.478. The van der Waals surface area contributed by atoms with Crippen LogP contribution in [0.2, 0.25) is 0 Å². The standard InChI is InChI=1S/C15H18O4/c1-11(2)13(9-14(16)18-3)15(17)19-10-12-7-5-4-6-8-12/h4-8H,9-10H2,1-3H3. The lowest BCUT2D eigenvalue weighted by atomic mass is 10.1. The van der Waals surface area contributed by atoms with Crippen LogP contribution in [0.3, 0.4) is 0 Å². The van der Waals surface area contributed by atoms with E-state index in [0.717, 1.165) is 11.1 Å². The van der Waals surface area contributed by atoms with Crippen LogP contribution in [0.4, 0.5) is 0 Å². The second kappa shape index (κ2) is 7.36. The molecule has 0 saturated heterocycles. The van der Waals surface area contributed by atoms with Gasteiger partial charge in [0.2, 0.25) is 0 Å². The third-order valence-corrected chi connectivity index (χ3v) is 2.61. The predicted octanol–water partition coefficient (Wildman–Crippen LogP) is 2.63. The summed E-state index contributed by atoms with van der Waals surface area (Å²) in [6.45, 7) is 3.72. The maximum absolute atomic E-state index is 11.9. The number of ether oxygens (including phenoxy) is 2. The highest BCUT2D eigenvalue weighted by Gasteiger charge is 2.17. The summed E-state index contributed by atoms with van der Waals surface area (Å²) in [7, 11) is 1.29. The Kier molecular flexibility index (Phi) is 5.79. The quantitative estimate of drug-likeness (QED) is 0.604. The molecule has 0 radical (unpaired) electrons. The zero-order valence-corrected chi connectivity index (χ0v) is 11.4. The third-order valence-electron chi connectivity index (χ3n) is 2.61. The van der Waals surface area contributed by atoms with E-state index in [0.29, 0.717) is 5.57 Å². The van der Waals surface area contributed by atoms with Crippen LogP contribution < -0.4 is 0 Å². The molecule has 0 aliphatic carbocycles. The van der Waals surface area contributed by atoms with Gasteiger partial charge in [0.15, 0.2) is 0 Å². The fourth-order valence-electron chi connectivity index (χ4n) is 1.48. The summed E-state index contributed by atoms with van der Waals surface area (Å²) in [5.74, 6) is -0.929. The number of hydrogen-bond acceptors (Lipinski definition) is 4. The van der Waals surface area contributed by atoms with Crippen molar-refractivity contribution < 1.29 is 19.1 Å². The van der Waals surface area contributed by atoms with Crippen LogP contribution in [0.1, 0.15) is 25.8 Å². The molecule has 4 nitrogen and oxygen atoms in total. The first-order chi connectivity index (χ1) is 9.04. The molecule has 0 atom stereocenters. The molecule has 0 spiro atoms. The van der Waals surface area contributed by atoms with E-state index in [1.54, 1.807) is 13.8 Å². The van der Waals surface area contributed by atoms with E-state index in [-0.39, 0.29) is 13.0 Å². The van der Waals surface area contributed by atoms with Crippen molar-refractivity contribution in [1.82, 2.24) is 0 Å². The van der Waals surface area contributed by atoms with Gasteiger partial charge >= 0.3 is 11.9 Å². The van der Waals surface area contributed by atoms with Gasteiger partial charge < -0.3 is 9.47 Å². The van der Waals surface area contributed by atoms with Crippen LogP contribution in [0.15, 0.2) is 41.5 Å². The van der Waals surface area contributed by atoms with E-state index in [9.17, 15) is 9.59 Å². The van der Waals surface area contributed by atoms with Gasteiger partial charge in [-0.3, -0.25) is 4.79 Å². The molecule has 19 heavy (non-hydrogen) atoms. The molecule has 0 N–H and O–H groups in total. The molecule has 1 rings (SSSR count). The van der Waals surface area contributed by atoms with E-state index >= 15 is 0 Å². The van der Waals surface area contributed by atoms with Crippen molar-refractivity contribution in [2.45, 2.75) is 26.9 Å². The summed E-state index contributed by atoms with van der Waals surface area (Å²) in [5.41, 5.74) is 2.01. The minimum absolute atomic E-state index is 0.0630. The summed E-state index contributed by atoms with van der Waals surface area (Å²) in [6.07, 6.45) is -0.0630. The van der Waals surface area contributed by atoms with Gasteiger partial charge in [-0.1, -0.05) is 35.9 Å². The Bertz CT molecular complexity index is 470. The van der Waals surface area contributed by atoms with Gasteiger partial charge in [0, 0.05) is 5.57 Å². The SMILES string of the molecule is COC(=O)CC(C(=O)OCc1ccccc1)=C(C)C. The van der Waals surface area contributed by atoms with Gasteiger partial charge in [-0.25, -0.2) is 4.79 Å². The van der Waals surface area contributed by atoms with Crippen molar-refractivity contribution in [1.29, 1.82) is 0 Å². The van der Waals surface area contributed by atoms with Gasteiger partial charge in [-0.15, -0.1) is 0 Å². The Morgan fingerprint density at radius 1 is 1.11 bits per heavy atom.